The van der Waals surface area contributed by atoms with Crippen molar-refractivity contribution in [3.63, 3.8) is 0 Å². The Kier molecular flexibility index (Phi) is 7.09. The average molecular weight is 272 g/mol. The monoisotopic (exact) mass is 272 g/mol. The number of hydrogen-bond donors (Lipinski definition) is 1. The number of methoxy groups -OCH3 is 1. The van der Waals surface area contributed by atoms with Crippen LogP contribution in [0.5, 0.6) is 0 Å². The van der Waals surface area contributed by atoms with Gasteiger partial charge >= 0.3 is 5.97 Å². The van der Waals surface area contributed by atoms with Gasteiger partial charge in [0.05, 0.1) is 31.7 Å². The van der Waals surface area contributed by atoms with Gasteiger partial charge in [-0.3, -0.25) is 4.68 Å². The van der Waals surface area contributed by atoms with E-state index in [9.17, 15) is 4.79 Å². The first kappa shape index (κ1) is 15.6. The van der Waals surface area contributed by atoms with Crippen LogP contribution < -0.4 is 0 Å². The summed E-state index contributed by atoms with van der Waals surface area (Å²) >= 11 is 0. The zero-order valence-corrected chi connectivity index (χ0v) is 11.3. The Labute approximate surface area is 112 Å². The highest BCUT2D eigenvalue weighted by atomic mass is 16.5. The zero-order valence-electron chi connectivity index (χ0n) is 11.3. The molecule has 0 spiro atoms. The molecule has 1 aromatic heterocycles. The molecule has 0 radical (unpaired) electrons. The smallest absolute Gasteiger partial charge is 0.339 e. The molecule has 108 valence electrons. The lowest BCUT2D eigenvalue weighted by Crippen LogP contribution is -2.10. The third kappa shape index (κ3) is 5.37. The molecule has 0 saturated heterocycles. The first-order valence-electron chi connectivity index (χ1n) is 6.05. The Morgan fingerprint density at radius 2 is 2.05 bits per heavy atom. The number of ether oxygens (including phenoxy) is 3. The summed E-state index contributed by atoms with van der Waals surface area (Å²) in [6.07, 6.45) is 2.17. The van der Waals surface area contributed by atoms with Crippen LogP contribution in [0, 0.1) is 0 Å². The largest absolute Gasteiger partial charge is 0.478 e. The van der Waals surface area contributed by atoms with Gasteiger partial charge in [0.1, 0.15) is 5.56 Å². The number of carbonyl (C=O) groups is 1. The molecule has 0 aliphatic carbocycles. The lowest BCUT2D eigenvalue weighted by atomic mass is 10.2. The third-order valence-corrected chi connectivity index (χ3v) is 2.54. The molecule has 0 aromatic carbocycles. The van der Waals surface area contributed by atoms with Gasteiger partial charge in [-0.1, -0.05) is 0 Å². The highest BCUT2D eigenvalue weighted by Crippen LogP contribution is 2.08. The van der Waals surface area contributed by atoms with E-state index in [1.807, 2.05) is 0 Å². The highest BCUT2D eigenvalue weighted by Gasteiger charge is 2.14. The molecule has 0 fully saturated rings. The number of aromatic carboxylic acids is 1. The lowest BCUT2D eigenvalue weighted by Gasteiger charge is -2.07. The molecule has 1 N–H and O–H groups in total. The van der Waals surface area contributed by atoms with Gasteiger partial charge in [0, 0.05) is 27.4 Å². The van der Waals surface area contributed by atoms with Crippen LogP contribution in [0.4, 0.5) is 0 Å². The van der Waals surface area contributed by atoms with Gasteiger partial charge in [-0.15, -0.1) is 0 Å². The van der Waals surface area contributed by atoms with E-state index in [1.165, 1.54) is 10.9 Å². The van der Waals surface area contributed by atoms with Crippen molar-refractivity contribution in [2.45, 2.75) is 13.0 Å². The zero-order chi connectivity index (χ0) is 14.1. The molecule has 0 atom stereocenters. The van der Waals surface area contributed by atoms with E-state index in [-0.39, 0.29) is 12.2 Å². The fourth-order valence-corrected chi connectivity index (χ4v) is 1.51. The minimum Gasteiger partial charge on any atom is -0.478 e. The summed E-state index contributed by atoms with van der Waals surface area (Å²) in [6.45, 7) is 2.40. The van der Waals surface area contributed by atoms with E-state index in [4.69, 9.17) is 19.3 Å². The van der Waals surface area contributed by atoms with Gasteiger partial charge in [0.2, 0.25) is 0 Å². The van der Waals surface area contributed by atoms with Crippen LogP contribution in [-0.4, -0.2) is 54.4 Å². The van der Waals surface area contributed by atoms with Crippen molar-refractivity contribution in [2.75, 3.05) is 33.5 Å². The predicted molar refractivity (Wildman–Crippen MR) is 67.1 cm³/mol. The van der Waals surface area contributed by atoms with Gasteiger partial charge < -0.3 is 19.3 Å². The van der Waals surface area contributed by atoms with E-state index in [0.717, 1.165) is 6.42 Å². The molecule has 19 heavy (non-hydrogen) atoms. The predicted octanol–water partition coefficient (Wildman–Crippen LogP) is 0.688. The summed E-state index contributed by atoms with van der Waals surface area (Å²) in [6, 6.07) is 0. The molecule has 0 aliphatic rings. The van der Waals surface area contributed by atoms with E-state index in [1.54, 1.807) is 14.2 Å². The Hall–Kier alpha value is -1.44. The lowest BCUT2D eigenvalue weighted by molar-refractivity contribution is 0.0314. The van der Waals surface area contributed by atoms with Crippen molar-refractivity contribution in [3.05, 3.63) is 17.5 Å². The summed E-state index contributed by atoms with van der Waals surface area (Å²) in [5.41, 5.74) is 0.718. The maximum atomic E-state index is 10.9. The molecule has 1 rings (SSSR count). The second kappa shape index (κ2) is 8.63. The highest BCUT2D eigenvalue weighted by molar-refractivity contribution is 5.88. The van der Waals surface area contributed by atoms with Gasteiger partial charge in [0.25, 0.3) is 0 Å². The van der Waals surface area contributed by atoms with Crippen molar-refractivity contribution in [1.29, 1.82) is 0 Å². The number of aromatic nitrogens is 2. The molecule has 1 aromatic rings. The molecule has 1 heterocycles. The van der Waals surface area contributed by atoms with Crippen molar-refractivity contribution in [3.8, 4) is 0 Å². The van der Waals surface area contributed by atoms with Gasteiger partial charge in [0.15, 0.2) is 0 Å². The second-order valence-electron chi connectivity index (χ2n) is 3.95. The molecule has 7 nitrogen and oxygen atoms in total. The molecule has 7 heteroatoms. The molecule has 0 amide bonds. The third-order valence-electron chi connectivity index (χ3n) is 2.54. The van der Waals surface area contributed by atoms with Crippen molar-refractivity contribution < 1.29 is 24.1 Å². The van der Waals surface area contributed by atoms with E-state index >= 15 is 0 Å². The standard InChI is InChI=1S/C12H20N2O5/c1-14-11(10(8-13-14)12(15)16)9-19-7-6-18-5-3-4-17-2/h8H,3-7,9H2,1-2H3,(H,15,16). The molecular weight excluding hydrogens is 252 g/mol. The Balaban J connectivity index is 2.19. The van der Waals surface area contributed by atoms with E-state index in [2.05, 4.69) is 5.10 Å². The van der Waals surface area contributed by atoms with Crippen LogP contribution in [0.2, 0.25) is 0 Å². The molecular formula is C12H20N2O5. The Morgan fingerprint density at radius 1 is 1.32 bits per heavy atom. The SMILES string of the molecule is COCCCOCCOCc1c(C(=O)O)cnn1C. The van der Waals surface area contributed by atoms with E-state index in [0.29, 0.717) is 32.1 Å². The molecule has 0 unspecified atom stereocenters. The van der Waals surface area contributed by atoms with Gasteiger partial charge in [-0.05, 0) is 6.42 Å². The van der Waals surface area contributed by atoms with Gasteiger partial charge in [-0.2, -0.15) is 5.10 Å². The number of carboxylic acids is 1. The van der Waals surface area contributed by atoms with Crippen LogP contribution in [0.15, 0.2) is 6.20 Å². The summed E-state index contributed by atoms with van der Waals surface area (Å²) in [7, 11) is 3.34. The summed E-state index contributed by atoms with van der Waals surface area (Å²) in [5, 5.41) is 12.9. The minimum absolute atomic E-state index is 0.170. The fourth-order valence-electron chi connectivity index (χ4n) is 1.51. The molecule has 0 aliphatic heterocycles. The minimum atomic E-state index is -0.998. The van der Waals surface area contributed by atoms with Crippen molar-refractivity contribution >= 4 is 5.97 Å². The number of hydrogen-bond acceptors (Lipinski definition) is 5. The van der Waals surface area contributed by atoms with Crippen LogP contribution in [0.25, 0.3) is 0 Å². The number of nitrogens with zero attached hydrogens (tertiary/aromatic N) is 2. The Bertz CT molecular complexity index is 391. The van der Waals surface area contributed by atoms with Crippen LogP contribution in [0.1, 0.15) is 22.5 Å². The Morgan fingerprint density at radius 3 is 2.74 bits per heavy atom. The first-order chi connectivity index (χ1) is 9.16. The first-order valence-corrected chi connectivity index (χ1v) is 6.05. The average Bonchev–Trinajstić information content (AvgIpc) is 2.74. The normalized spacial score (nSPS) is 10.8. The quantitative estimate of drug-likeness (QED) is 0.631. The second-order valence-corrected chi connectivity index (χ2v) is 3.95. The topological polar surface area (TPSA) is 82.8 Å². The fraction of sp³-hybridized carbons (Fsp3) is 0.667. The summed E-state index contributed by atoms with van der Waals surface area (Å²) < 4.78 is 17.1. The maximum Gasteiger partial charge on any atom is 0.339 e. The number of carboxylic acid groups (broad SMARTS) is 1. The molecule has 0 saturated carbocycles. The number of rotatable bonds is 10. The molecule has 0 bridgehead atoms. The number of aryl methyl sites for hydroxylation is 1. The maximum absolute atomic E-state index is 10.9. The van der Waals surface area contributed by atoms with Crippen LogP contribution >= 0.6 is 0 Å². The van der Waals surface area contributed by atoms with Gasteiger partial charge in [-0.25, -0.2) is 4.79 Å². The van der Waals surface area contributed by atoms with Crippen molar-refractivity contribution in [2.24, 2.45) is 7.05 Å². The van der Waals surface area contributed by atoms with Crippen LogP contribution in [0.3, 0.4) is 0 Å². The van der Waals surface area contributed by atoms with E-state index < -0.39 is 5.97 Å². The van der Waals surface area contributed by atoms with Crippen molar-refractivity contribution in [1.82, 2.24) is 9.78 Å². The van der Waals surface area contributed by atoms with Crippen LogP contribution in [-0.2, 0) is 27.9 Å². The summed E-state index contributed by atoms with van der Waals surface area (Å²) in [5.74, 6) is -0.998. The summed E-state index contributed by atoms with van der Waals surface area (Å²) in [4.78, 5) is 10.9.